The van der Waals surface area contributed by atoms with Crippen molar-refractivity contribution in [1.29, 1.82) is 0 Å². The molecule has 1 aromatic carbocycles. The summed E-state index contributed by atoms with van der Waals surface area (Å²) in [5.41, 5.74) is 0.475. The van der Waals surface area contributed by atoms with Gasteiger partial charge in [-0.1, -0.05) is 6.92 Å². The van der Waals surface area contributed by atoms with Crippen LogP contribution in [0.3, 0.4) is 0 Å². The molecule has 1 aliphatic carbocycles. The fourth-order valence-electron chi connectivity index (χ4n) is 3.60. The van der Waals surface area contributed by atoms with Gasteiger partial charge in [-0.3, -0.25) is 4.79 Å². The molecule has 0 bridgehead atoms. The predicted octanol–water partition coefficient (Wildman–Crippen LogP) is 2.70. The summed E-state index contributed by atoms with van der Waals surface area (Å²) in [6.45, 7) is 4.49. The summed E-state index contributed by atoms with van der Waals surface area (Å²) in [4.78, 5) is 14.4. The lowest BCUT2D eigenvalue weighted by molar-refractivity contribution is 0.0303. The average molecular weight is 419 g/mol. The third kappa shape index (κ3) is 4.24. The van der Waals surface area contributed by atoms with Gasteiger partial charge in [0.2, 0.25) is 10.0 Å². The summed E-state index contributed by atoms with van der Waals surface area (Å²) >= 11 is 0. The summed E-state index contributed by atoms with van der Waals surface area (Å²) < 4.78 is 38.2. The molecule has 156 valence electrons. The fraction of sp³-hybridized carbons (Fsp3) is 0.476. The number of carbonyl (C=O) groups excluding carboxylic acids is 1. The van der Waals surface area contributed by atoms with Crippen LogP contribution in [0.15, 0.2) is 45.7 Å². The van der Waals surface area contributed by atoms with E-state index in [2.05, 4.69) is 6.92 Å². The SMILES string of the molecule is C[C@@H]1C[C@H]1c1ccc(CN(C)S(=O)(=O)c2ccc(C(=O)N3CCOCC3)cc2)o1. The van der Waals surface area contributed by atoms with E-state index in [-0.39, 0.29) is 17.3 Å². The molecule has 4 rings (SSSR count). The second-order valence-electron chi connectivity index (χ2n) is 7.81. The number of morpholine rings is 1. The first-order chi connectivity index (χ1) is 13.9. The number of furan rings is 1. The lowest BCUT2D eigenvalue weighted by Gasteiger charge is -2.27. The largest absolute Gasteiger partial charge is 0.464 e. The number of benzene rings is 1. The molecule has 2 atom stereocenters. The van der Waals surface area contributed by atoms with E-state index < -0.39 is 10.0 Å². The summed E-state index contributed by atoms with van der Waals surface area (Å²) in [5.74, 6) is 2.55. The minimum Gasteiger partial charge on any atom is -0.464 e. The van der Waals surface area contributed by atoms with Crippen molar-refractivity contribution in [3.05, 3.63) is 53.5 Å². The molecule has 1 saturated heterocycles. The van der Waals surface area contributed by atoms with E-state index in [0.29, 0.717) is 49.5 Å². The van der Waals surface area contributed by atoms with Crippen molar-refractivity contribution < 1.29 is 22.4 Å². The van der Waals surface area contributed by atoms with Gasteiger partial charge in [0.1, 0.15) is 11.5 Å². The summed E-state index contributed by atoms with van der Waals surface area (Å²) in [6, 6.07) is 9.89. The molecule has 2 aliphatic rings. The smallest absolute Gasteiger partial charge is 0.254 e. The van der Waals surface area contributed by atoms with Gasteiger partial charge < -0.3 is 14.1 Å². The first-order valence-corrected chi connectivity index (χ1v) is 11.3. The number of ether oxygens (including phenoxy) is 1. The number of hydrogen-bond acceptors (Lipinski definition) is 5. The monoisotopic (exact) mass is 418 g/mol. The van der Waals surface area contributed by atoms with Crippen molar-refractivity contribution >= 4 is 15.9 Å². The molecule has 1 aromatic heterocycles. The maximum atomic E-state index is 12.9. The van der Waals surface area contributed by atoms with E-state index in [1.165, 1.54) is 23.5 Å². The van der Waals surface area contributed by atoms with Crippen LogP contribution in [-0.4, -0.2) is 56.9 Å². The molecule has 0 N–H and O–H groups in total. The molecular formula is C21H26N2O5S. The molecular weight excluding hydrogens is 392 g/mol. The normalized spacial score (nSPS) is 22.1. The quantitative estimate of drug-likeness (QED) is 0.721. The summed E-state index contributed by atoms with van der Waals surface area (Å²) in [6.07, 6.45) is 1.12. The van der Waals surface area contributed by atoms with Crippen molar-refractivity contribution in [1.82, 2.24) is 9.21 Å². The van der Waals surface area contributed by atoms with Gasteiger partial charge in [-0.15, -0.1) is 0 Å². The Hall–Kier alpha value is -2.16. The fourth-order valence-corrected chi connectivity index (χ4v) is 4.74. The second-order valence-corrected chi connectivity index (χ2v) is 9.86. The van der Waals surface area contributed by atoms with Crippen molar-refractivity contribution in [3.63, 3.8) is 0 Å². The zero-order valence-corrected chi connectivity index (χ0v) is 17.5. The van der Waals surface area contributed by atoms with Crippen molar-refractivity contribution in [2.75, 3.05) is 33.4 Å². The van der Waals surface area contributed by atoms with Crippen molar-refractivity contribution in [3.8, 4) is 0 Å². The highest BCUT2D eigenvalue weighted by Crippen LogP contribution is 2.47. The first kappa shape index (κ1) is 20.1. The Morgan fingerprint density at radius 2 is 1.79 bits per heavy atom. The highest BCUT2D eigenvalue weighted by Gasteiger charge is 2.36. The standard InChI is InChI=1S/C21H26N2O5S/c1-15-13-19(15)20-8-5-17(28-20)14-22(2)29(25,26)18-6-3-16(4-7-18)21(24)23-9-11-27-12-10-23/h3-8,15,19H,9-14H2,1-2H3/t15-,19-/m1/s1. The number of amides is 1. The number of hydrogen-bond donors (Lipinski definition) is 0. The lowest BCUT2D eigenvalue weighted by Crippen LogP contribution is -2.40. The zero-order chi connectivity index (χ0) is 20.6. The second kappa shape index (κ2) is 7.93. The Morgan fingerprint density at radius 1 is 1.14 bits per heavy atom. The van der Waals surface area contributed by atoms with Crippen LogP contribution in [0.2, 0.25) is 0 Å². The Labute approximate surface area is 171 Å². The molecule has 7 nitrogen and oxygen atoms in total. The zero-order valence-electron chi connectivity index (χ0n) is 16.7. The van der Waals surface area contributed by atoms with E-state index in [9.17, 15) is 13.2 Å². The van der Waals surface area contributed by atoms with E-state index in [1.807, 2.05) is 12.1 Å². The van der Waals surface area contributed by atoms with Gasteiger partial charge in [-0.25, -0.2) is 8.42 Å². The maximum Gasteiger partial charge on any atom is 0.254 e. The van der Waals surface area contributed by atoms with Crippen LogP contribution < -0.4 is 0 Å². The number of rotatable bonds is 6. The Kier molecular flexibility index (Phi) is 5.50. The van der Waals surface area contributed by atoms with Crippen LogP contribution >= 0.6 is 0 Å². The Bertz CT molecular complexity index is 977. The van der Waals surface area contributed by atoms with Gasteiger partial charge in [0, 0.05) is 31.6 Å². The van der Waals surface area contributed by atoms with Gasteiger partial charge in [-0.2, -0.15) is 4.31 Å². The molecule has 1 aliphatic heterocycles. The molecule has 29 heavy (non-hydrogen) atoms. The van der Waals surface area contributed by atoms with E-state index >= 15 is 0 Å². The highest BCUT2D eigenvalue weighted by molar-refractivity contribution is 7.89. The Morgan fingerprint density at radius 3 is 2.41 bits per heavy atom. The first-order valence-electron chi connectivity index (χ1n) is 9.88. The van der Waals surface area contributed by atoms with Crippen LogP contribution in [-0.2, 0) is 21.3 Å². The van der Waals surface area contributed by atoms with Gasteiger partial charge in [0.25, 0.3) is 5.91 Å². The molecule has 0 spiro atoms. The van der Waals surface area contributed by atoms with Gasteiger partial charge in [0.15, 0.2) is 0 Å². The third-order valence-corrected chi connectivity index (χ3v) is 7.46. The number of carbonyl (C=O) groups is 1. The predicted molar refractivity (Wildman–Crippen MR) is 107 cm³/mol. The Balaban J connectivity index is 1.43. The maximum absolute atomic E-state index is 12.9. The molecule has 2 fully saturated rings. The molecule has 8 heteroatoms. The van der Waals surface area contributed by atoms with Gasteiger partial charge >= 0.3 is 0 Å². The molecule has 0 radical (unpaired) electrons. The van der Waals surface area contributed by atoms with Crippen LogP contribution in [0.4, 0.5) is 0 Å². The van der Waals surface area contributed by atoms with E-state index in [4.69, 9.17) is 9.15 Å². The highest BCUT2D eigenvalue weighted by atomic mass is 32.2. The van der Waals surface area contributed by atoms with Gasteiger partial charge in [-0.05, 0) is 48.7 Å². The molecule has 2 aromatic rings. The van der Waals surface area contributed by atoms with Crippen LogP contribution in [0, 0.1) is 5.92 Å². The topological polar surface area (TPSA) is 80.1 Å². The van der Waals surface area contributed by atoms with Crippen molar-refractivity contribution in [2.24, 2.45) is 5.92 Å². The average Bonchev–Trinajstić information content (AvgIpc) is 3.29. The minimum atomic E-state index is -3.68. The summed E-state index contributed by atoms with van der Waals surface area (Å²) in [7, 11) is -2.15. The third-order valence-electron chi connectivity index (χ3n) is 5.64. The summed E-state index contributed by atoms with van der Waals surface area (Å²) in [5, 5.41) is 0. The van der Waals surface area contributed by atoms with E-state index in [1.54, 1.807) is 17.0 Å². The van der Waals surface area contributed by atoms with Crippen LogP contribution in [0.1, 0.15) is 41.1 Å². The molecule has 0 unspecified atom stereocenters. The van der Waals surface area contributed by atoms with E-state index in [0.717, 1.165) is 12.2 Å². The molecule has 1 saturated carbocycles. The number of nitrogens with zero attached hydrogens (tertiary/aromatic N) is 2. The molecule has 2 heterocycles. The van der Waals surface area contributed by atoms with Crippen molar-refractivity contribution in [2.45, 2.75) is 30.7 Å². The number of sulfonamides is 1. The van der Waals surface area contributed by atoms with Crippen LogP contribution in [0.25, 0.3) is 0 Å². The van der Waals surface area contributed by atoms with Crippen LogP contribution in [0.5, 0.6) is 0 Å². The minimum absolute atomic E-state index is 0.108. The molecule has 1 amide bonds. The lowest BCUT2D eigenvalue weighted by atomic mass is 10.2. The van der Waals surface area contributed by atoms with Gasteiger partial charge in [0.05, 0.1) is 24.7 Å².